The lowest BCUT2D eigenvalue weighted by Crippen LogP contribution is -2.38. The van der Waals surface area contributed by atoms with E-state index in [1.165, 1.54) is 17.0 Å². The second kappa shape index (κ2) is 4.11. The summed E-state index contributed by atoms with van der Waals surface area (Å²) in [6, 6.07) is 5.93. The van der Waals surface area contributed by atoms with Crippen LogP contribution in [0.2, 0.25) is 0 Å². The molecule has 0 saturated carbocycles. The third kappa shape index (κ3) is 1.97. The zero-order valence-corrected chi connectivity index (χ0v) is 9.40. The van der Waals surface area contributed by atoms with Gasteiger partial charge in [-0.25, -0.2) is 4.79 Å². The van der Waals surface area contributed by atoms with Gasteiger partial charge in [-0.1, -0.05) is 6.07 Å². The summed E-state index contributed by atoms with van der Waals surface area (Å²) in [5.74, 6) is -1.47. The van der Waals surface area contributed by atoms with Crippen LogP contribution in [-0.2, 0) is 4.79 Å². The predicted molar refractivity (Wildman–Crippen MR) is 64.6 cm³/mol. The molecule has 1 aliphatic rings. The van der Waals surface area contributed by atoms with Crippen LogP contribution in [-0.4, -0.2) is 28.3 Å². The van der Waals surface area contributed by atoms with Gasteiger partial charge in [-0.3, -0.25) is 9.69 Å². The van der Waals surface area contributed by atoms with Crippen molar-refractivity contribution in [3.8, 4) is 0 Å². The molecule has 0 spiro atoms. The number of rotatable bonds is 2. The van der Waals surface area contributed by atoms with Crippen LogP contribution in [0.1, 0.15) is 10.4 Å². The van der Waals surface area contributed by atoms with E-state index >= 15 is 0 Å². The van der Waals surface area contributed by atoms with Gasteiger partial charge in [0.1, 0.15) is 0 Å². The van der Waals surface area contributed by atoms with Crippen molar-refractivity contribution < 1.29 is 14.7 Å². The molecule has 4 N–H and O–H groups in total. The first-order valence-electron chi connectivity index (χ1n) is 4.74. The number of nitrogens with zero attached hydrogens (tertiary/aromatic N) is 1. The van der Waals surface area contributed by atoms with Crippen molar-refractivity contribution in [2.24, 2.45) is 5.73 Å². The zero-order chi connectivity index (χ0) is 12.6. The van der Waals surface area contributed by atoms with E-state index in [0.717, 1.165) is 0 Å². The number of aromatic carboxylic acids is 1. The fraction of sp³-hybridized carbons (Fsp3) is 0.100. The van der Waals surface area contributed by atoms with Crippen molar-refractivity contribution in [3.05, 3.63) is 29.8 Å². The molecule has 1 amide bonds. The van der Waals surface area contributed by atoms with Crippen molar-refractivity contribution in [1.29, 1.82) is 0 Å². The maximum atomic E-state index is 11.7. The number of hydrogen-bond acceptors (Lipinski definition) is 4. The Morgan fingerprint density at radius 3 is 2.76 bits per heavy atom. The average Bonchev–Trinajstić information content (AvgIpc) is 2.53. The van der Waals surface area contributed by atoms with Crippen molar-refractivity contribution in [3.63, 3.8) is 0 Å². The molecule has 7 heteroatoms. The van der Waals surface area contributed by atoms with E-state index in [0.29, 0.717) is 5.69 Å². The van der Waals surface area contributed by atoms with Crippen molar-refractivity contribution in [2.45, 2.75) is 6.17 Å². The van der Waals surface area contributed by atoms with Crippen LogP contribution in [0.25, 0.3) is 0 Å². The molecule has 1 saturated heterocycles. The first-order chi connectivity index (χ1) is 8.00. The molecule has 2 rings (SSSR count). The van der Waals surface area contributed by atoms with Crippen molar-refractivity contribution in [2.75, 3.05) is 4.90 Å². The molecule has 1 unspecified atom stereocenters. The van der Waals surface area contributed by atoms with Crippen LogP contribution in [0.4, 0.5) is 5.69 Å². The number of amides is 1. The molecule has 1 aromatic rings. The number of carboxylic acid groups (broad SMARTS) is 1. The van der Waals surface area contributed by atoms with E-state index in [9.17, 15) is 9.59 Å². The molecule has 1 aromatic carbocycles. The highest BCUT2D eigenvalue weighted by molar-refractivity contribution is 7.80. The maximum Gasteiger partial charge on any atom is 0.335 e. The Morgan fingerprint density at radius 2 is 2.24 bits per heavy atom. The van der Waals surface area contributed by atoms with Gasteiger partial charge in [0.2, 0.25) is 0 Å². The zero-order valence-electron chi connectivity index (χ0n) is 8.58. The highest BCUT2D eigenvalue weighted by Crippen LogP contribution is 2.20. The molecule has 1 atom stereocenters. The van der Waals surface area contributed by atoms with Gasteiger partial charge in [-0.15, -0.1) is 0 Å². The normalized spacial score (nSPS) is 19.4. The number of carboxylic acids is 1. The third-order valence-corrected chi connectivity index (χ3v) is 2.62. The quantitative estimate of drug-likeness (QED) is 0.635. The number of anilines is 1. The molecular weight excluding hydrogens is 242 g/mol. The summed E-state index contributed by atoms with van der Waals surface area (Å²) < 4.78 is 0. The number of nitrogens with two attached hydrogens (primary N) is 1. The highest BCUT2D eigenvalue weighted by atomic mass is 32.1. The van der Waals surface area contributed by atoms with Gasteiger partial charge < -0.3 is 16.2 Å². The number of thiocarbonyl (C=S) groups is 1. The fourth-order valence-electron chi connectivity index (χ4n) is 1.52. The topological polar surface area (TPSA) is 95.7 Å². The van der Waals surface area contributed by atoms with E-state index < -0.39 is 18.0 Å². The Balaban J connectivity index is 2.40. The van der Waals surface area contributed by atoms with Gasteiger partial charge in [0.05, 0.1) is 11.3 Å². The molecule has 88 valence electrons. The highest BCUT2D eigenvalue weighted by Gasteiger charge is 2.34. The monoisotopic (exact) mass is 251 g/mol. The van der Waals surface area contributed by atoms with Crippen LogP contribution in [0.15, 0.2) is 24.3 Å². The number of carbonyl (C=O) groups excluding carboxylic acids is 1. The van der Waals surface area contributed by atoms with Gasteiger partial charge in [-0.2, -0.15) is 0 Å². The first kappa shape index (κ1) is 11.5. The Hall–Kier alpha value is -1.99. The molecule has 1 heterocycles. The smallest absolute Gasteiger partial charge is 0.335 e. The van der Waals surface area contributed by atoms with Gasteiger partial charge in [-0.05, 0) is 30.4 Å². The van der Waals surface area contributed by atoms with E-state index in [4.69, 9.17) is 23.1 Å². The van der Waals surface area contributed by atoms with Crippen molar-refractivity contribution in [1.82, 2.24) is 5.32 Å². The summed E-state index contributed by atoms with van der Waals surface area (Å²) in [5, 5.41) is 11.6. The standard InChI is InChI=1S/C10H9N3O3S/c11-7-8(14)13(10(17)12-7)6-3-1-2-5(4-6)9(15)16/h1-4,7H,11H2,(H,12,17)(H,15,16). The molecule has 0 aromatic heterocycles. The fourth-order valence-corrected chi connectivity index (χ4v) is 1.84. The van der Waals surface area contributed by atoms with Crippen LogP contribution in [0, 0.1) is 0 Å². The minimum absolute atomic E-state index is 0.0820. The van der Waals surface area contributed by atoms with Gasteiger partial charge in [0.25, 0.3) is 5.91 Å². The number of carbonyl (C=O) groups is 2. The van der Waals surface area contributed by atoms with Crippen molar-refractivity contribution >= 4 is 34.9 Å². The number of hydrogen-bond donors (Lipinski definition) is 3. The molecule has 0 bridgehead atoms. The third-order valence-electron chi connectivity index (χ3n) is 2.32. The minimum Gasteiger partial charge on any atom is -0.478 e. The second-order valence-electron chi connectivity index (χ2n) is 3.46. The van der Waals surface area contributed by atoms with E-state index in [2.05, 4.69) is 5.32 Å². The van der Waals surface area contributed by atoms with Crippen LogP contribution >= 0.6 is 12.2 Å². The summed E-state index contributed by atoms with van der Waals surface area (Å²) in [5.41, 5.74) is 5.96. The van der Waals surface area contributed by atoms with Crippen LogP contribution < -0.4 is 16.0 Å². The predicted octanol–water partition coefficient (Wildman–Crippen LogP) is -0.109. The van der Waals surface area contributed by atoms with Gasteiger partial charge in [0.15, 0.2) is 11.3 Å². The summed E-state index contributed by atoms with van der Waals surface area (Å²) in [6.45, 7) is 0. The molecule has 6 nitrogen and oxygen atoms in total. The lowest BCUT2D eigenvalue weighted by Gasteiger charge is -2.14. The van der Waals surface area contributed by atoms with E-state index in [1.54, 1.807) is 12.1 Å². The largest absolute Gasteiger partial charge is 0.478 e. The summed E-state index contributed by atoms with van der Waals surface area (Å²) >= 11 is 4.95. The molecular formula is C10H9N3O3S. The van der Waals surface area contributed by atoms with Gasteiger partial charge in [0, 0.05) is 0 Å². The molecule has 1 fully saturated rings. The summed E-state index contributed by atoms with van der Waals surface area (Å²) in [6.07, 6.45) is -0.879. The molecule has 1 aliphatic heterocycles. The Kier molecular flexibility index (Phi) is 2.78. The van der Waals surface area contributed by atoms with E-state index in [1.807, 2.05) is 0 Å². The molecule has 17 heavy (non-hydrogen) atoms. The SMILES string of the molecule is NC1NC(=S)N(c2cccc(C(=O)O)c2)C1=O. The van der Waals surface area contributed by atoms with Crippen LogP contribution in [0.5, 0.6) is 0 Å². The van der Waals surface area contributed by atoms with Gasteiger partial charge >= 0.3 is 5.97 Å². The average molecular weight is 251 g/mol. The lowest BCUT2D eigenvalue weighted by molar-refractivity contribution is -0.118. The molecule has 0 aliphatic carbocycles. The first-order valence-corrected chi connectivity index (χ1v) is 5.15. The minimum atomic E-state index is -1.07. The second-order valence-corrected chi connectivity index (χ2v) is 3.84. The number of nitrogens with one attached hydrogen (secondary N) is 1. The lowest BCUT2D eigenvalue weighted by atomic mass is 10.2. The summed E-state index contributed by atoms with van der Waals surface area (Å²) in [7, 11) is 0. The van der Waals surface area contributed by atoms with E-state index in [-0.39, 0.29) is 10.7 Å². The Bertz CT molecular complexity index is 517. The Labute approximate surface area is 102 Å². The number of benzene rings is 1. The Morgan fingerprint density at radius 1 is 1.53 bits per heavy atom. The molecule has 0 radical (unpaired) electrons. The summed E-state index contributed by atoms with van der Waals surface area (Å²) in [4.78, 5) is 23.7. The maximum absolute atomic E-state index is 11.7. The van der Waals surface area contributed by atoms with Crippen LogP contribution in [0.3, 0.4) is 0 Å².